The van der Waals surface area contributed by atoms with Gasteiger partial charge in [0.05, 0.1) is 19.3 Å². The average Bonchev–Trinajstić information content (AvgIpc) is 3.20. The molecule has 13 heteroatoms. The molecule has 32 heavy (non-hydrogen) atoms. The van der Waals surface area contributed by atoms with Gasteiger partial charge in [-0.15, -0.1) is 0 Å². The Labute approximate surface area is 182 Å². The zero-order valence-electron chi connectivity index (χ0n) is 17.5. The van der Waals surface area contributed by atoms with E-state index in [4.69, 9.17) is 9.72 Å². The molecule has 3 aromatic heterocycles. The van der Waals surface area contributed by atoms with E-state index in [2.05, 4.69) is 42.5 Å². The first-order chi connectivity index (χ1) is 15.4. The average molecular weight is 451 g/mol. The van der Waals surface area contributed by atoms with E-state index in [1.165, 1.54) is 11.0 Å². The molecular weight excluding hydrogens is 427 g/mol. The Morgan fingerprint density at radius 2 is 2.19 bits per heavy atom. The molecule has 172 valence electrons. The molecular formula is C19H24F3N9O. The van der Waals surface area contributed by atoms with Gasteiger partial charge in [-0.05, 0) is 12.5 Å². The molecule has 1 atom stereocenters. The first kappa shape index (κ1) is 22.1. The first-order valence-electron chi connectivity index (χ1n) is 10.3. The number of halogens is 3. The smallest absolute Gasteiger partial charge is 0.370 e. The second kappa shape index (κ2) is 9.61. The number of hydrogen-bond donors (Lipinski definition) is 2. The standard InChI is InChI=1S/C19H24F3N9O/c1-2-13-10-30(6-5-24-13)18-27-14-9-26-31(7-8-32-11-19(20,21)22)16(14)17(29-18)28-15-3-4-23-12-25-15/h3-4,9,12-13,24H,2,5-8,10-11H2,1H3,(H,23,25,27,28,29)/t13-/m0/s1. The van der Waals surface area contributed by atoms with E-state index < -0.39 is 12.8 Å². The Balaban J connectivity index is 1.63. The molecule has 0 amide bonds. The van der Waals surface area contributed by atoms with E-state index in [1.54, 1.807) is 18.5 Å². The molecule has 3 aromatic rings. The summed E-state index contributed by atoms with van der Waals surface area (Å²) in [5, 5.41) is 10.9. The quantitative estimate of drug-likeness (QED) is 0.498. The van der Waals surface area contributed by atoms with Gasteiger partial charge in [-0.2, -0.15) is 23.3 Å². The highest BCUT2D eigenvalue weighted by Gasteiger charge is 2.27. The summed E-state index contributed by atoms with van der Waals surface area (Å²) in [6.45, 7) is 3.14. The largest absolute Gasteiger partial charge is 0.411 e. The summed E-state index contributed by atoms with van der Waals surface area (Å²) in [5.74, 6) is 1.55. The van der Waals surface area contributed by atoms with Crippen molar-refractivity contribution in [3.05, 3.63) is 24.8 Å². The van der Waals surface area contributed by atoms with Gasteiger partial charge in [-0.1, -0.05) is 6.92 Å². The van der Waals surface area contributed by atoms with Gasteiger partial charge in [-0.3, -0.25) is 4.68 Å². The molecule has 0 radical (unpaired) electrons. The number of nitrogens with zero attached hydrogens (tertiary/aromatic N) is 7. The van der Waals surface area contributed by atoms with Crippen LogP contribution in [0.3, 0.4) is 0 Å². The first-order valence-corrected chi connectivity index (χ1v) is 10.3. The predicted molar refractivity (Wildman–Crippen MR) is 112 cm³/mol. The van der Waals surface area contributed by atoms with Crippen LogP contribution in [0.2, 0.25) is 0 Å². The van der Waals surface area contributed by atoms with Gasteiger partial charge >= 0.3 is 6.18 Å². The molecule has 0 aromatic carbocycles. The molecule has 0 spiro atoms. The molecule has 4 heterocycles. The molecule has 1 saturated heterocycles. The molecule has 0 bridgehead atoms. The highest BCUT2D eigenvalue weighted by molar-refractivity contribution is 5.88. The van der Waals surface area contributed by atoms with Gasteiger partial charge in [0, 0.05) is 31.9 Å². The van der Waals surface area contributed by atoms with Crippen LogP contribution in [0.25, 0.3) is 11.0 Å². The SMILES string of the molecule is CC[C@H]1CN(c2nc(Nc3ccncn3)c3c(cnn3CCOCC(F)(F)F)n2)CCN1. The van der Waals surface area contributed by atoms with Crippen molar-refractivity contribution in [2.45, 2.75) is 32.1 Å². The normalized spacial score (nSPS) is 17.1. The van der Waals surface area contributed by atoms with Crippen LogP contribution in [-0.2, 0) is 11.3 Å². The lowest BCUT2D eigenvalue weighted by Gasteiger charge is -2.33. The third kappa shape index (κ3) is 5.40. The van der Waals surface area contributed by atoms with Crippen LogP contribution in [-0.4, -0.2) is 74.8 Å². The molecule has 4 rings (SSSR count). The van der Waals surface area contributed by atoms with Crippen LogP contribution in [0.1, 0.15) is 13.3 Å². The van der Waals surface area contributed by atoms with Gasteiger partial charge in [0.2, 0.25) is 5.95 Å². The number of anilines is 3. The van der Waals surface area contributed by atoms with E-state index in [1.807, 2.05) is 0 Å². The lowest BCUT2D eigenvalue weighted by atomic mass is 10.2. The number of nitrogens with one attached hydrogen (secondary N) is 2. The second-order valence-corrected chi connectivity index (χ2v) is 7.37. The van der Waals surface area contributed by atoms with Gasteiger partial charge in [0.25, 0.3) is 0 Å². The van der Waals surface area contributed by atoms with Crippen molar-refractivity contribution in [1.29, 1.82) is 0 Å². The van der Waals surface area contributed by atoms with Crippen LogP contribution in [0.4, 0.5) is 30.8 Å². The van der Waals surface area contributed by atoms with Crippen LogP contribution < -0.4 is 15.5 Å². The Morgan fingerprint density at radius 3 is 2.94 bits per heavy atom. The molecule has 0 unspecified atom stereocenters. The number of hydrogen-bond acceptors (Lipinski definition) is 9. The minimum atomic E-state index is -4.37. The van der Waals surface area contributed by atoms with Crippen LogP contribution >= 0.6 is 0 Å². The number of alkyl halides is 3. The maximum atomic E-state index is 12.4. The lowest BCUT2D eigenvalue weighted by molar-refractivity contribution is -0.174. The monoisotopic (exact) mass is 451 g/mol. The minimum absolute atomic E-state index is 0.117. The Kier molecular flexibility index (Phi) is 6.65. The summed E-state index contributed by atoms with van der Waals surface area (Å²) < 4.78 is 43.3. The van der Waals surface area contributed by atoms with E-state index in [0.717, 1.165) is 26.1 Å². The molecule has 10 nitrogen and oxygen atoms in total. The molecule has 1 aliphatic heterocycles. The van der Waals surface area contributed by atoms with Gasteiger partial charge in [0.15, 0.2) is 5.82 Å². The topological polar surface area (TPSA) is 106 Å². The van der Waals surface area contributed by atoms with E-state index in [0.29, 0.717) is 34.7 Å². The third-order valence-corrected chi connectivity index (χ3v) is 5.05. The zero-order chi connectivity index (χ0) is 22.6. The van der Waals surface area contributed by atoms with Crippen LogP contribution in [0.15, 0.2) is 24.8 Å². The van der Waals surface area contributed by atoms with Crippen LogP contribution in [0.5, 0.6) is 0 Å². The van der Waals surface area contributed by atoms with E-state index in [-0.39, 0.29) is 13.2 Å². The van der Waals surface area contributed by atoms with Crippen molar-refractivity contribution < 1.29 is 17.9 Å². The summed E-state index contributed by atoms with van der Waals surface area (Å²) in [6.07, 6.45) is 1.20. The van der Waals surface area contributed by atoms with Crippen LogP contribution in [0, 0.1) is 0 Å². The Morgan fingerprint density at radius 1 is 1.31 bits per heavy atom. The minimum Gasteiger partial charge on any atom is -0.370 e. The Hall–Kier alpha value is -3.06. The van der Waals surface area contributed by atoms with Crippen molar-refractivity contribution in [3.63, 3.8) is 0 Å². The Bertz CT molecular complexity index is 1030. The molecule has 2 N–H and O–H groups in total. The van der Waals surface area contributed by atoms with Gasteiger partial charge < -0.3 is 20.3 Å². The number of aromatic nitrogens is 6. The maximum absolute atomic E-state index is 12.4. The summed E-state index contributed by atoms with van der Waals surface area (Å²) in [4.78, 5) is 19.6. The predicted octanol–water partition coefficient (Wildman–Crippen LogP) is 2.13. The second-order valence-electron chi connectivity index (χ2n) is 7.37. The third-order valence-electron chi connectivity index (χ3n) is 5.05. The van der Waals surface area contributed by atoms with Gasteiger partial charge in [-0.25, -0.2) is 15.0 Å². The molecule has 1 fully saturated rings. The van der Waals surface area contributed by atoms with E-state index in [9.17, 15) is 13.2 Å². The number of ether oxygens (including phenoxy) is 1. The lowest BCUT2D eigenvalue weighted by Crippen LogP contribution is -2.51. The zero-order valence-corrected chi connectivity index (χ0v) is 17.5. The number of piperazine rings is 1. The summed E-state index contributed by atoms with van der Waals surface area (Å²) in [5.41, 5.74) is 1.14. The number of fused-ring (bicyclic) bond motifs is 1. The van der Waals surface area contributed by atoms with Crippen molar-refractivity contribution in [3.8, 4) is 0 Å². The van der Waals surface area contributed by atoms with Crippen molar-refractivity contribution in [2.24, 2.45) is 0 Å². The molecule has 0 aliphatic carbocycles. The fraction of sp³-hybridized carbons (Fsp3) is 0.526. The summed E-state index contributed by atoms with van der Waals surface area (Å²) in [7, 11) is 0. The highest BCUT2D eigenvalue weighted by Crippen LogP contribution is 2.26. The fourth-order valence-electron chi connectivity index (χ4n) is 3.49. The van der Waals surface area contributed by atoms with E-state index >= 15 is 0 Å². The van der Waals surface area contributed by atoms with Crippen molar-refractivity contribution in [1.82, 2.24) is 35.0 Å². The summed E-state index contributed by atoms with van der Waals surface area (Å²) >= 11 is 0. The van der Waals surface area contributed by atoms with Gasteiger partial charge in [0.1, 0.15) is 29.8 Å². The van der Waals surface area contributed by atoms with Crippen molar-refractivity contribution in [2.75, 3.05) is 43.1 Å². The fourth-order valence-corrected chi connectivity index (χ4v) is 3.49. The summed E-state index contributed by atoms with van der Waals surface area (Å²) in [6, 6.07) is 2.04. The number of rotatable bonds is 8. The molecule has 0 saturated carbocycles. The molecule has 1 aliphatic rings. The van der Waals surface area contributed by atoms with Crippen molar-refractivity contribution >= 4 is 28.6 Å². The maximum Gasteiger partial charge on any atom is 0.411 e. The highest BCUT2D eigenvalue weighted by atomic mass is 19.4.